The number of hydrogen-bond acceptors (Lipinski definition) is 2. The minimum Gasteiger partial charge on any atom is -0.389 e. The van der Waals surface area contributed by atoms with Gasteiger partial charge < -0.3 is 11.1 Å². The number of hydrogen-bond donors (Lipinski definition) is 2. The number of nitrogens with one attached hydrogen (secondary N) is 1. The van der Waals surface area contributed by atoms with Gasteiger partial charge in [0, 0.05) is 17.8 Å². The number of thiocarbonyl (C=S) groups is 1. The largest absolute Gasteiger partial charge is 0.389 e. The molecule has 0 radical (unpaired) electrons. The van der Waals surface area contributed by atoms with E-state index in [1.807, 2.05) is 12.1 Å². The average molecular weight is 292 g/mol. The molecule has 1 aromatic carbocycles. The lowest BCUT2D eigenvalue weighted by molar-refractivity contribution is 0.523. The van der Waals surface area contributed by atoms with Crippen molar-refractivity contribution in [2.24, 2.45) is 11.7 Å². The molecule has 1 rings (SSSR count). The summed E-state index contributed by atoms with van der Waals surface area (Å²) < 4.78 is 0. The summed E-state index contributed by atoms with van der Waals surface area (Å²) in [6.07, 6.45) is 6.50. The van der Waals surface area contributed by atoms with Crippen LogP contribution in [0.1, 0.15) is 57.1 Å². The Labute approximate surface area is 129 Å². The molecule has 3 heteroatoms. The van der Waals surface area contributed by atoms with Crippen LogP contribution in [0.15, 0.2) is 18.2 Å². The van der Waals surface area contributed by atoms with E-state index in [-0.39, 0.29) is 0 Å². The van der Waals surface area contributed by atoms with E-state index in [2.05, 4.69) is 32.2 Å². The zero-order valence-corrected chi connectivity index (χ0v) is 13.9. The fourth-order valence-electron chi connectivity index (χ4n) is 2.35. The summed E-state index contributed by atoms with van der Waals surface area (Å²) in [5.74, 6) is 0.827. The molecule has 0 bridgehead atoms. The van der Waals surface area contributed by atoms with E-state index in [1.165, 1.54) is 37.7 Å². The topological polar surface area (TPSA) is 38.0 Å². The minimum atomic E-state index is 0.466. The van der Waals surface area contributed by atoms with E-state index in [9.17, 15) is 0 Å². The van der Waals surface area contributed by atoms with Crippen LogP contribution in [0.2, 0.25) is 0 Å². The van der Waals surface area contributed by atoms with E-state index in [1.54, 1.807) is 0 Å². The van der Waals surface area contributed by atoms with Crippen molar-refractivity contribution in [2.45, 2.75) is 52.9 Å². The maximum Gasteiger partial charge on any atom is 0.106 e. The SMILES string of the molecule is Cc1cccc(C(N)=S)c1NCCCCCCC(C)C. The van der Waals surface area contributed by atoms with Crippen LogP contribution in [0.25, 0.3) is 0 Å². The average Bonchev–Trinajstić information content (AvgIpc) is 2.38. The lowest BCUT2D eigenvalue weighted by Crippen LogP contribution is -2.14. The van der Waals surface area contributed by atoms with E-state index < -0.39 is 0 Å². The fraction of sp³-hybridized carbons (Fsp3) is 0.588. The predicted molar refractivity (Wildman–Crippen MR) is 93.5 cm³/mol. The molecule has 20 heavy (non-hydrogen) atoms. The number of para-hydroxylation sites is 1. The summed E-state index contributed by atoms with van der Waals surface area (Å²) in [5, 5.41) is 3.50. The highest BCUT2D eigenvalue weighted by Gasteiger charge is 2.06. The Morgan fingerprint density at radius 3 is 2.55 bits per heavy atom. The van der Waals surface area contributed by atoms with Crippen molar-refractivity contribution in [3.63, 3.8) is 0 Å². The Morgan fingerprint density at radius 1 is 1.20 bits per heavy atom. The predicted octanol–water partition coefficient (Wildman–Crippen LogP) is 4.65. The third-order valence-corrected chi connectivity index (χ3v) is 3.77. The highest BCUT2D eigenvalue weighted by atomic mass is 32.1. The summed E-state index contributed by atoms with van der Waals surface area (Å²) in [4.78, 5) is 0.466. The van der Waals surface area contributed by atoms with Gasteiger partial charge in [0.2, 0.25) is 0 Å². The van der Waals surface area contributed by atoms with Crippen molar-refractivity contribution in [1.82, 2.24) is 0 Å². The Kier molecular flexibility index (Phi) is 7.60. The normalized spacial score (nSPS) is 10.8. The smallest absolute Gasteiger partial charge is 0.106 e. The zero-order chi connectivity index (χ0) is 15.0. The summed E-state index contributed by atoms with van der Waals surface area (Å²) in [5.41, 5.74) is 9.03. The van der Waals surface area contributed by atoms with Gasteiger partial charge in [-0.25, -0.2) is 0 Å². The molecule has 3 N–H and O–H groups in total. The van der Waals surface area contributed by atoms with Gasteiger partial charge in [0.1, 0.15) is 4.99 Å². The molecule has 112 valence electrons. The van der Waals surface area contributed by atoms with Gasteiger partial charge in [-0.3, -0.25) is 0 Å². The molecule has 0 saturated heterocycles. The van der Waals surface area contributed by atoms with Gasteiger partial charge >= 0.3 is 0 Å². The van der Waals surface area contributed by atoms with E-state index in [0.717, 1.165) is 23.7 Å². The Bertz CT molecular complexity index is 427. The molecule has 0 amide bonds. The van der Waals surface area contributed by atoms with Crippen molar-refractivity contribution >= 4 is 22.9 Å². The zero-order valence-electron chi connectivity index (χ0n) is 13.0. The van der Waals surface area contributed by atoms with Crippen LogP contribution in [-0.2, 0) is 0 Å². The molecule has 0 unspecified atom stereocenters. The Hall–Kier alpha value is -1.09. The second-order valence-corrected chi connectivity index (χ2v) is 6.33. The van der Waals surface area contributed by atoms with Crippen LogP contribution in [0.3, 0.4) is 0 Å². The molecule has 0 fully saturated rings. The quantitative estimate of drug-likeness (QED) is 0.514. The van der Waals surface area contributed by atoms with Crippen LogP contribution < -0.4 is 11.1 Å². The lowest BCUT2D eigenvalue weighted by atomic mass is 10.0. The van der Waals surface area contributed by atoms with Crippen molar-refractivity contribution < 1.29 is 0 Å². The maximum atomic E-state index is 5.77. The molecule has 0 aliphatic rings. The van der Waals surface area contributed by atoms with Gasteiger partial charge in [-0.15, -0.1) is 0 Å². The first-order valence-electron chi connectivity index (χ1n) is 7.65. The summed E-state index contributed by atoms with van der Waals surface area (Å²) in [6, 6.07) is 6.08. The Balaban J connectivity index is 2.33. The van der Waals surface area contributed by atoms with Crippen molar-refractivity contribution in [2.75, 3.05) is 11.9 Å². The first-order valence-corrected chi connectivity index (χ1v) is 8.06. The molecule has 2 nitrogen and oxygen atoms in total. The second-order valence-electron chi connectivity index (χ2n) is 5.89. The lowest BCUT2D eigenvalue weighted by Gasteiger charge is -2.14. The molecule has 0 aliphatic heterocycles. The molecule has 0 spiro atoms. The van der Waals surface area contributed by atoms with Crippen molar-refractivity contribution in [3.8, 4) is 0 Å². The van der Waals surface area contributed by atoms with E-state index in [4.69, 9.17) is 18.0 Å². The number of aryl methyl sites for hydroxylation is 1. The van der Waals surface area contributed by atoms with Gasteiger partial charge in [-0.05, 0) is 30.9 Å². The molecule has 0 saturated carbocycles. The third kappa shape index (κ3) is 5.91. The first kappa shape index (κ1) is 17.0. The highest BCUT2D eigenvalue weighted by Crippen LogP contribution is 2.20. The van der Waals surface area contributed by atoms with Crippen LogP contribution in [0, 0.1) is 12.8 Å². The summed E-state index contributed by atoms with van der Waals surface area (Å²) in [7, 11) is 0. The highest BCUT2D eigenvalue weighted by molar-refractivity contribution is 7.80. The minimum absolute atomic E-state index is 0.466. The van der Waals surface area contributed by atoms with Gasteiger partial charge in [0.15, 0.2) is 0 Å². The van der Waals surface area contributed by atoms with Gasteiger partial charge in [0.25, 0.3) is 0 Å². The number of unbranched alkanes of at least 4 members (excludes halogenated alkanes) is 3. The fourth-order valence-corrected chi connectivity index (χ4v) is 2.52. The third-order valence-electron chi connectivity index (χ3n) is 3.55. The maximum absolute atomic E-state index is 5.77. The van der Waals surface area contributed by atoms with Gasteiger partial charge in [0.05, 0.1) is 0 Å². The molecular weight excluding hydrogens is 264 g/mol. The van der Waals surface area contributed by atoms with Crippen LogP contribution in [0.4, 0.5) is 5.69 Å². The molecule has 1 aromatic rings. The molecule has 0 heterocycles. The molecule has 0 aliphatic carbocycles. The molecular formula is C17H28N2S. The van der Waals surface area contributed by atoms with Gasteiger partial charge in [-0.2, -0.15) is 0 Å². The number of anilines is 1. The molecule has 0 aromatic heterocycles. The molecule has 0 atom stereocenters. The van der Waals surface area contributed by atoms with Crippen LogP contribution in [0.5, 0.6) is 0 Å². The second kappa shape index (κ2) is 8.96. The van der Waals surface area contributed by atoms with Crippen molar-refractivity contribution in [3.05, 3.63) is 29.3 Å². The standard InChI is InChI=1S/C17H28N2S/c1-13(2)9-6-4-5-7-12-19-16-14(3)10-8-11-15(16)17(18)20/h8,10-11,13,19H,4-7,9,12H2,1-3H3,(H2,18,20). The Morgan fingerprint density at radius 2 is 1.90 bits per heavy atom. The summed E-state index contributed by atoms with van der Waals surface area (Å²) >= 11 is 5.11. The van der Waals surface area contributed by atoms with Crippen LogP contribution in [-0.4, -0.2) is 11.5 Å². The number of rotatable bonds is 9. The van der Waals surface area contributed by atoms with E-state index >= 15 is 0 Å². The van der Waals surface area contributed by atoms with Gasteiger partial charge in [-0.1, -0.05) is 63.9 Å². The van der Waals surface area contributed by atoms with Crippen LogP contribution >= 0.6 is 12.2 Å². The monoisotopic (exact) mass is 292 g/mol. The number of nitrogens with two attached hydrogens (primary N) is 1. The van der Waals surface area contributed by atoms with E-state index in [0.29, 0.717) is 4.99 Å². The number of benzene rings is 1. The van der Waals surface area contributed by atoms with Crippen molar-refractivity contribution in [1.29, 1.82) is 0 Å². The first-order chi connectivity index (χ1) is 9.52. The summed E-state index contributed by atoms with van der Waals surface area (Å²) in [6.45, 7) is 7.66.